The van der Waals surface area contributed by atoms with Gasteiger partial charge in [-0.1, -0.05) is 53.7 Å². The Bertz CT molecular complexity index is 761. The fourth-order valence-electron chi connectivity index (χ4n) is 3.00. The van der Waals surface area contributed by atoms with Gasteiger partial charge >= 0.3 is 0 Å². The first-order valence-electron chi connectivity index (χ1n) is 11.0. The van der Waals surface area contributed by atoms with Crippen LogP contribution in [0.4, 0.5) is 0 Å². The predicted octanol–water partition coefficient (Wildman–Crippen LogP) is 5.95. The number of hydrogen-bond donors (Lipinski definition) is 2. The minimum atomic E-state index is -0.0117. The number of hydrogen-bond acceptors (Lipinski definition) is 5. The van der Waals surface area contributed by atoms with Crippen molar-refractivity contribution < 1.29 is 24.4 Å². The van der Waals surface area contributed by atoms with Crippen LogP contribution in [0, 0.1) is 0 Å². The molecule has 2 aromatic rings. The summed E-state index contributed by atoms with van der Waals surface area (Å²) in [6, 6.07) is 11.1. The van der Waals surface area contributed by atoms with E-state index >= 15 is 0 Å². The molecule has 0 amide bonds. The van der Waals surface area contributed by atoms with Crippen LogP contribution in [0.25, 0.3) is 0 Å². The van der Waals surface area contributed by atoms with Gasteiger partial charge in [0, 0.05) is 26.1 Å². The van der Waals surface area contributed by atoms with Crippen molar-refractivity contribution in [3.05, 3.63) is 47.5 Å². The lowest BCUT2D eigenvalue weighted by molar-refractivity contribution is 0.106. The summed E-state index contributed by atoms with van der Waals surface area (Å²) in [5.41, 5.74) is 2.12. The van der Waals surface area contributed by atoms with E-state index in [-0.39, 0.29) is 22.3 Å². The highest BCUT2D eigenvalue weighted by Crippen LogP contribution is 2.33. The molecule has 0 aliphatic carbocycles. The molecule has 0 saturated carbocycles. The molecule has 0 atom stereocenters. The highest BCUT2D eigenvalue weighted by molar-refractivity contribution is 5.44. The number of rotatable bonds is 10. The average molecular weight is 431 g/mol. The van der Waals surface area contributed by atoms with Crippen LogP contribution in [0.3, 0.4) is 0 Å². The molecule has 0 saturated heterocycles. The Hall–Kier alpha value is -2.40. The molecule has 31 heavy (non-hydrogen) atoms. The van der Waals surface area contributed by atoms with E-state index in [4.69, 9.17) is 14.2 Å². The van der Waals surface area contributed by atoms with Crippen molar-refractivity contribution in [1.29, 1.82) is 0 Å². The van der Waals surface area contributed by atoms with Crippen molar-refractivity contribution >= 4 is 0 Å². The van der Waals surface area contributed by atoms with Gasteiger partial charge in [0.05, 0.1) is 13.2 Å². The highest BCUT2D eigenvalue weighted by atomic mass is 16.5. The molecule has 2 rings (SSSR count). The fourth-order valence-corrected chi connectivity index (χ4v) is 3.00. The SMILES string of the molecule is CC(C)(C)c1ccc(OCCCOCCCOc2ccc(C(C)(C)C)cc2O)c(O)c1. The number of aromatic hydroxyl groups is 2. The van der Waals surface area contributed by atoms with E-state index in [2.05, 4.69) is 41.5 Å². The minimum Gasteiger partial charge on any atom is -0.504 e. The van der Waals surface area contributed by atoms with E-state index in [1.165, 1.54) is 0 Å². The predicted molar refractivity (Wildman–Crippen MR) is 125 cm³/mol. The lowest BCUT2D eigenvalue weighted by Crippen LogP contribution is -2.11. The van der Waals surface area contributed by atoms with Gasteiger partial charge in [-0.3, -0.25) is 0 Å². The molecule has 0 heterocycles. The number of benzene rings is 2. The minimum absolute atomic E-state index is 0.0117. The molecule has 0 bridgehead atoms. The van der Waals surface area contributed by atoms with Gasteiger partial charge < -0.3 is 24.4 Å². The Balaban J connectivity index is 1.59. The molecule has 0 unspecified atom stereocenters. The molecule has 0 radical (unpaired) electrons. The molecule has 2 N–H and O–H groups in total. The summed E-state index contributed by atoms with van der Waals surface area (Å²) in [6.07, 6.45) is 1.47. The quantitative estimate of drug-likeness (QED) is 0.456. The van der Waals surface area contributed by atoms with E-state index in [0.29, 0.717) is 37.9 Å². The first-order valence-corrected chi connectivity index (χ1v) is 11.0. The third-order valence-corrected chi connectivity index (χ3v) is 5.03. The zero-order chi connectivity index (χ0) is 23.1. The molecule has 172 valence electrons. The zero-order valence-corrected chi connectivity index (χ0v) is 19.8. The normalized spacial score (nSPS) is 12.1. The van der Waals surface area contributed by atoms with E-state index in [9.17, 15) is 10.2 Å². The van der Waals surface area contributed by atoms with Crippen LogP contribution in [0.5, 0.6) is 23.0 Å². The molecule has 5 nitrogen and oxygen atoms in total. The Labute approximate surface area is 187 Å². The van der Waals surface area contributed by atoms with Gasteiger partial charge in [0.25, 0.3) is 0 Å². The first-order chi connectivity index (χ1) is 14.5. The Kier molecular flexibility index (Phi) is 8.63. The van der Waals surface area contributed by atoms with Gasteiger partial charge in [0.15, 0.2) is 23.0 Å². The molecule has 0 aliphatic rings. The van der Waals surface area contributed by atoms with E-state index in [1.54, 1.807) is 12.1 Å². The smallest absolute Gasteiger partial charge is 0.160 e. The molecular weight excluding hydrogens is 392 g/mol. The fraction of sp³-hybridized carbons (Fsp3) is 0.538. The van der Waals surface area contributed by atoms with Gasteiger partial charge in [-0.15, -0.1) is 0 Å². The molecule has 0 aromatic heterocycles. The molecule has 2 aromatic carbocycles. The molecule has 0 aliphatic heterocycles. The van der Waals surface area contributed by atoms with Crippen LogP contribution in [-0.4, -0.2) is 36.6 Å². The van der Waals surface area contributed by atoms with Gasteiger partial charge in [-0.25, -0.2) is 0 Å². The third kappa shape index (κ3) is 7.98. The Morgan fingerprint density at radius 2 is 1.00 bits per heavy atom. The van der Waals surface area contributed by atoms with Crippen LogP contribution < -0.4 is 9.47 Å². The van der Waals surface area contributed by atoms with Crippen LogP contribution in [-0.2, 0) is 15.6 Å². The van der Waals surface area contributed by atoms with Gasteiger partial charge in [0.1, 0.15) is 0 Å². The lowest BCUT2D eigenvalue weighted by Gasteiger charge is -2.20. The van der Waals surface area contributed by atoms with E-state index in [0.717, 1.165) is 24.0 Å². The van der Waals surface area contributed by atoms with E-state index in [1.807, 2.05) is 24.3 Å². The second-order valence-electron chi connectivity index (χ2n) is 9.88. The second-order valence-corrected chi connectivity index (χ2v) is 9.88. The summed E-state index contributed by atoms with van der Waals surface area (Å²) in [5.74, 6) is 1.34. The third-order valence-electron chi connectivity index (χ3n) is 5.03. The maximum atomic E-state index is 10.1. The number of ether oxygens (including phenoxy) is 3. The second kappa shape index (κ2) is 10.8. The maximum Gasteiger partial charge on any atom is 0.160 e. The van der Waals surface area contributed by atoms with Crippen molar-refractivity contribution in [1.82, 2.24) is 0 Å². The topological polar surface area (TPSA) is 68.2 Å². The standard InChI is InChI=1S/C26H38O5/c1-25(2,3)19-9-11-23(21(27)17-19)30-15-7-13-29-14-8-16-31-24-12-10-20(18-22(24)28)26(4,5)6/h9-12,17-18,27-28H,7-8,13-16H2,1-6H3. The van der Waals surface area contributed by atoms with Crippen molar-refractivity contribution in [2.24, 2.45) is 0 Å². The Morgan fingerprint density at radius 3 is 1.32 bits per heavy atom. The summed E-state index contributed by atoms with van der Waals surface area (Å²) >= 11 is 0. The summed E-state index contributed by atoms with van der Waals surface area (Å²) in [4.78, 5) is 0. The van der Waals surface area contributed by atoms with Crippen LogP contribution >= 0.6 is 0 Å². The largest absolute Gasteiger partial charge is 0.504 e. The van der Waals surface area contributed by atoms with Gasteiger partial charge in [-0.2, -0.15) is 0 Å². The zero-order valence-electron chi connectivity index (χ0n) is 19.8. The average Bonchev–Trinajstić information content (AvgIpc) is 2.67. The number of phenolic OH excluding ortho intramolecular Hbond substituents is 2. The van der Waals surface area contributed by atoms with Crippen molar-refractivity contribution in [3.8, 4) is 23.0 Å². The van der Waals surface area contributed by atoms with Crippen LogP contribution in [0.15, 0.2) is 36.4 Å². The molecule has 5 heteroatoms. The van der Waals surface area contributed by atoms with Crippen LogP contribution in [0.1, 0.15) is 65.5 Å². The van der Waals surface area contributed by atoms with Crippen LogP contribution in [0.2, 0.25) is 0 Å². The summed E-state index contributed by atoms with van der Waals surface area (Å²) in [5, 5.41) is 20.3. The first kappa shape index (κ1) is 24.9. The maximum absolute atomic E-state index is 10.1. The monoisotopic (exact) mass is 430 g/mol. The molecule has 0 spiro atoms. The summed E-state index contributed by atoms with van der Waals surface area (Å²) in [6.45, 7) is 14.8. The Morgan fingerprint density at radius 1 is 0.613 bits per heavy atom. The summed E-state index contributed by atoms with van der Waals surface area (Å²) < 4.78 is 16.9. The molecular formula is C26H38O5. The van der Waals surface area contributed by atoms with Crippen molar-refractivity contribution in [2.45, 2.75) is 65.2 Å². The summed E-state index contributed by atoms with van der Waals surface area (Å²) in [7, 11) is 0. The molecule has 0 fully saturated rings. The lowest BCUT2D eigenvalue weighted by atomic mass is 9.87. The van der Waals surface area contributed by atoms with Crippen molar-refractivity contribution in [2.75, 3.05) is 26.4 Å². The van der Waals surface area contributed by atoms with Gasteiger partial charge in [0.2, 0.25) is 0 Å². The van der Waals surface area contributed by atoms with Crippen molar-refractivity contribution in [3.63, 3.8) is 0 Å². The van der Waals surface area contributed by atoms with E-state index < -0.39 is 0 Å². The highest BCUT2D eigenvalue weighted by Gasteiger charge is 2.16. The van der Waals surface area contributed by atoms with Gasteiger partial charge in [-0.05, 0) is 46.2 Å². The number of phenols is 2.